The number of thiocarbonyl (C=S) groups is 1. The molecule has 0 aromatic carbocycles. The molecule has 0 aromatic rings. The molecule has 0 bridgehead atoms. The van der Waals surface area contributed by atoms with Gasteiger partial charge in [-0.2, -0.15) is 0 Å². The molecule has 1 amide bonds. The second kappa shape index (κ2) is 9.26. The quantitative estimate of drug-likeness (QED) is 0.553. The fourth-order valence-corrected chi connectivity index (χ4v) is 2.61. The zero-order valence-electron chi connectivity index (χ0n) is 12.0. The van der Waals surface area contributed by atoms with Gasteiger partial charge in [-0.25, -0.2) is 0 Å². The first-order chi connectivity index (χ1) is 9.11. The lowest BCUT2D eigenvalue weighted by molar-refractivity contribution is -0.123. The molecule has 110 valence electrons. The fraction of sp³-hybridized carbons (Fsp3) is 0.857. The summed E-state index contributed by atoms with van der Waals surface area (Å²) in [6.07, 6.45) is 8.03. The summed E-state index contributed by atoms with van der Waals surface area (Å²) in [5, 5.41) is 3.17. The molecule has 0 atom stereocenters. The van der Waals surface area contributed by atoms with Crippen LogP contribution in [-0.4, -0.2) is 41.5 Å². The summed E-state index contributed by atoms with van der Waals surface area (Å²) in [6, 6.07) is 0.379. The van der Waals surface area contributed by atoms with Crippen molar-refractivity contribution >= 4 is 23.1 Å². The molecular weight excluding hydrogens is 258 g/mol. The first-order valence-corrected chi connectivity index (χ1v) is 7.82. The highest BCUT2D eigenvalue weighted by molar-refractivity contribution is 7.80. The monoisotopic (exact) mass is 285 g/mol. The Morgan fingerprint density at radius 2 is 1.95 bits per heavy atom. The number of hydrogen-bond acceptors (Lipinski definition) is 3. The van der Waals surface area contributed by atoms with Gasteiger partial charge in [0.25, 0.3) is 0 Å². The molecule has 1 fully saturated rings. The molecule has 1 aliphatic carbocycles. The zero-order valence-corrected chi connectivity index (χ0v) is 12.8. The lowest BCUT2D eigenvalue weighted by Crippen LogP contribution is -2.42. The van der Waals surface area contributed by atoms with Gasteiger partial charge in [-0.1, -0.05) is 44.8 Å². The van der Waals surface area contributed by atoms with Crippen molar-refractivity contribution in [3.8, 4) is 0 Å². The molecule has 19 heavy (non-hydrogen) atoms. The maximum absolute atomic E-state index is 12.0. The summed E-state index contributed by atoms with van der Waals surface area (Å²) >= 11 is 4.87. The minimum absolute atomic E-state index is 0.136. The van der Waals surface area contributed by atoms with Crippen molar-refractivity contribution in [3.05, 3.63) is 0 Å². The SMILES string of the molecule is CCN(CCC(N)=S)CC(=O)NC1CCCCCC1. The summed E-state index contributed by atoms with van der Waals surface area (Å²) < 4.78 is 0. The molecular formula is C14H27N3OS. The second-order valence-corrected chi connectivity index (χ2v) is 5.87. The molecule has 5 heteroatoms. The molecule has 1 aliphatic rings. The highest BCUT2D eigenvalue weighted by atomic mass is 32.1. The van der Waals surface area contributed by atoms with Crippen molar-refractivity contribution in [3.63, 3.8) is 0 Å². The maximum Gasteiger partial charge on any atom is 0.234 e. The molecule has 1 rings (SSSR count). The number of nitrogens with two attached hydrogens (primary N) is 1. The summed E-state index contributed by atoms with van der Waals surface area (Å²) in [5.41, 5.74) is 5.50. The van der Waals surface area contributed by atoms with Crippen molar-refractivity contribution < 1.29 is 4.79 Å². The third-order valence-electron chi connectivity index (χ3n) is 3.71. The summed E-state index contributed by atoms with van der Waals surface area (Å²) in [4.78, 5) is 14.6. The minimum Gasteiger partial charge on any atom is -0.393 e. The van der Waals surface area contributed by atoms with E-state index >= 15 is 0 Å². The zero-order chi connectivity index (χ0) is 14.1. The maximum atomic E-state index is 12.0. The van der Waals surface area contributed by atoms with E-state index in [1.54, 1.807) is 0 Å². The Morgan fingerprint density at radius 3 is 2.47 bits per heavy atom. The van der Waals surface area contributed by atoms with Crippen LogP contribution in [-0.2, 0) is 4.79 Å². The molecule has 0 aromatic heterocycles. The van der Waals surface area contributed by atoms with Crippen molar-refractivity contribution in [1.29, 1.82) is 0 Å². The van der Waals surface area contributed by atoms with E-state index in [2.05, 4.69) is 17.1 Å². The van der Waals surface area contributed by atoms with Crippen molar-refractivity contribution in [2.24, 2.45) is 5.73 Å². The van der Waals surface area contributed by atoms with Gasteiger partial charge in [0.2, 0.25) is 5.91 Å². The van der Waals surface area contributed by atoms with Gasteiger partial charge in [-0.3, -0.25) is 9.69 Å². The van der Waals surface area contributed by atoms with Gasteiger partial charge in [0, 0.05) is 19.0 Å². The highest BCUT2D eigenvalue weighted by Crippen LogP contribution is 2.17. The van der Waals surface area contributed by atoms with Crippen LogP contribution in [0.1, 0.15) is 51.9 Å². The third kappa shape index (κ3) is 7.47. The minimum atomic E-state index is 0.136. The van der Waals surface area contributed by atoms with Gasteiger partial charge in [0.05, 0.1) is 11.5 Å². The van der Waals surface area contributed by atoms with Gasteiger partial charge in [-0.15, -0.1) is 0 Å². The summed E-state index contributed by atoms with van der Waals surface area (Å²) in [6.45, 7) is 4.12. The summed E-state index contributed by atoms with van der Waals surface area (Å²) in [7, 11) is 0. The van der Waals surface area contributed by atoms with Crippen LogP contribution in [0.3, 0.4) is 0 Å². The van der Waals surface area contributed by atoms with E-state index in [1.807, 2.05) is 0 Å². The van der Waals surface area contributed by atoms with Gasteiger partial charge >= 0.3 is 0 Å². The van der Waals surface area contributed by atoms with E-state index in [-0.39, 0.29) is 5.91 Å². The van der Waals surface area contributed by atoms with Crippen molar-refractivity contribution in [2.75, 3.05) is 19.6 Å². The van der Waals surface area contributed by atoms with Crippen LogP contribution in [0.15, 0.2) is 0 Å². The first kappa shape index (κ1) is 16.4. The second-order valence-electron chi connectivity index (χ2n) is 5.34. The first-order valence-electron chi connectivity index (χ1n) is 7.41. The fourth-order valence-electron chi connectivity index (χ4n) is 2.52. The van der Waals surface area contributed by atoms with E-state index in [9.17, 15) is 4.79 Å². The molecule has 0 heterocycles. The molecule has 0 saturated heterocycles. The van der Waals surface area contributed by atoms with Crippen LogP contribution in [0.2, 0.25) is 0 Å². The smallest absolute Gasteiger partial charge is 0.234 e. The number of carbonyl (C=O) groups is 1. The average molecular weight is 285 g/mol. The number of carbonyl (C=O) groups excluding carboxylic acids is 1. The molecule has 3 N–H and O–H groups in total. The average Bonchev–Trinajstić information content (AvgIpc) is 2.62. The van der Waals surface area contributed by atoms with Crippen molar-refractivity contribution in [2.45, 2.75) is 57.9 Å². The van der Waals surface area contributed by atoms with Crippen LogP contribution < -0.4 is 11.1 Å². The Balaban J connectivity index is 2.28. The van der Waals surface area contributed by atoms with Crippen LogP contribution >= 0.6 is 12.2 Å². The van der Waals surface area contributed by atoms with E-state index in [0.717, 1.165) is 25.9 Å². The number of nitrogens with zero attached hydrogens (tertiary/aromatic N) is 1. The normalized spacial score (nSPS) is 17.2. The standard InChI is InChI=1S/C14H27N3OS/c1-2-17(10-9-13(15)19)11-14(18)16-12-7-5-3-4-6-8-12/h12H,2-11H2,1H3,(H2,15,19)(H,16,18). The third-order valence-corrected chi connectivity index (χ3v) is 3.91. The van der Waals surface area contributed by atoms with Gasteiger partial charge in [0.15, 0.2) is 0 Å². The topological polar surface area (TPSA) is 58.4 Å². The molecule has 0 aliphatic heterocycles. The van der Waals surface area contributed by atoms with E-state index < -0.39 is 0 Å². The van der Waals surface area contributed by atoms with Crippen LogP contribution in [0, 0.1) is 0 Å². The Labute approximate surface area is 122 Å². The van der Waals surface area contributed by atoms with Crippen molar-refractivity contribution in [1.82, 2.24) is 10.2 Å². The lowest BCUT2D eigenvalue weighted by atomic mass is 10.1. The van der Waals surface area contributed by atoms with Gasteiger partial charge < -0.3 is 11.1 Å². The largest absolute Gasteiger partial charge is 0.393 e. The van der Waals surface area contributed by atoms with E-state index in [4.69, 9.17) is 18.0 Å². The molecule has 0 unspecified atom stereocenters. The Hall–Kier alpha value is -0.680. The van der Waals surface area contributed by atoms with E-state index in [1.165, 1.54) is 25.7 Å². The van der Waals surface area contributed by atoms with E-state index in [0.29, 0.717) is 24.0 Å². The molecule has 0 radical (unpaired) electrons. The Kier molecular flexibility index (Phi) is 7.98. The molecule has 1 saturated carbocycles. The van der Waals surface area contributed by atoms with Crippen LogP contribution in [0.4, 0.5) is 0 Å². The number of amides is 1. The lowest BCUT2D eigenvalue weighted by Gasteiger charge is -2.22. The molecule has 4 nitrogen and oxygen atoms in total. The van der Waals surface area contributed by atoms with Crippen LogP contribution in [0.25, 0.3) is 0 Å². The Morgan fingerprint density at radius 1 is 1.32 bits per heavy atom. The predicted octanol–water partition coefficient (Wildman–Crippen LogP) is 1.82. The number of likely N-dealkylation sites (N-methyl/N-ethyl adjacent to an activating group) is 1. The number of nitrogens with one attached hydrogen (secondary N) is 1. The highest BCUT2D eigenvalue weighted by Gasteiger charge is 2.16. The predicted molar refractivity (Wildman–Crippen MR) is 83.1 cm³/mol. The van der Waals surface area contributed by atoms with Crippen LogP contribution in [0.5, 0.6) is 0 Å². The van der Waals surface area contributed by atoms with Gasteiger partial charge in [0.1, 0.15) is 0 Å². The Bertz CT molecular complexity index is 288. The molecule has 0 spiro atoms. The number of hydrogen-bond donors (Lipinski definition) is 2. The number of rotatable bonds is 7. The summed E-state index contributed by atoms with van der Waals surface area (Å²) in [5.74, 6) is 0.136. The van der Waals surface area contributed by atoms with Gasteiger partial charge in [-0.05, 0) is 19.4 Å².